The molecule has 0 fully saturated rings. The number of aldehydes is 1. The number of allylic oxidation sites excluding steroid dienone is 1. The van der Waals surface area contributed by atoms with Crippen LogP contribution in [0.3, 0.4) is 0 Å². The van der Waals surface area contributed by atoms with Crippen LogP contribution in [0.5, 0.6) is 0 Å². The van der Waals surface area contributed by atoms with E-state index >= 15 is 0 Å². The zero-order valence-corrected chi connectivity index (χ0v) is 7.16. The molecular formula is C11H12O. The number of hydrogen-bond acceptors (Lipinski definition) is 1. The van der Waals surface area contributed by atoms with Crippen LogP contribution < -0.4 is 0 Å². The Morgan fingerprint density at radius 2 is 2.00 bits per heavy atom. The molecule has 0 aliphatic heterocycles. The van der Waals surface area contributed by atoms with Gasteiger partial charge in [0.2, 0.25) is 0 Å². The summed E-state index contributed by atoms with van der Waals surface area (Å²) in [4.78, 5) is 10.4. The van der Waals surface area contributed by atoms with Crippen LogP contribution in [-0.4, -0.2) is 6.29 Å². The van der Waals surface area contributed by atoms with Crippen LogP contribution >= 0.6 is 0 Å². The molecule has 0 saturated carbocycles. The van der Waals surface area contributed by atoms with Gasteiger partial charge in [-0.15, -0.1) is 0 Å². The van der Waals surface area contributed by atoms with Gasteiger partial charge >= 0.3 is 0 Å². The predicted octanol–water partition coefficient (Wildman–Crippen LogP) is 2.55. The Morgan fingerprint density at radius 3 is 2.50 bits per heavy atom. The lowest BCUT2D eigenvalue weighted by Gasteiger charge is -2.09. The fourth-order valence-corrected chi connectivity index (χ4v) is 1.06. The largest absolute Gasteiger partial charge is 0.298 e. The molecule has 62 valence electrons. The smallest absolute Gasteiger partial charge is 0.146 e. The Morgan fingerprint density at radius 1 is 1.42 bits per heavy atom. The maximum absolute atomic E-state index is 10.4. The van der Waals surface area contributed by atoms with Crippen LogP contribution in [0.1, 0.15) is 18.4 Å². The van der Waals surface area contributed by atoms with E-state index in [1.54, 1.807) is 0 Å². The van der Waals surface area contributed by atoms with Crippen LogP contribution in [0.25, 0.3) is 0 Å². The summed E-state index contributed by atoms with van der Waals surface area (Å²) in [7, 11) is 0. The van der Waals surface area contributed by atoms with Gasteiger partial charge in [0.25, 0.3) is 0 Å². The fraction of sp³-hybridized carbons (Fsp3) is 0.182. The van der Waals surface area contributed by atoms with E-state index in [-0.39, 0.29) is 5.92 Å². The first-order valence-electron chi connectivity index (χ1n) is 3.94. The second-order valence-electron chi connectivity index (χ2n) is 2.83. The molecule has 0 amide bonds. The SMILES string of the molecule is C=C(C=O)C(C)c1ccccc1. The van der Waals surface area contributed by atoms with Gasteiger partial charge in [-0.25, -0.2) is 0 Å². The van der Waals surface area contributed by atoms with Crippen LogP contribution in [0.2, 0.25) is 0 Å². The van der Waals surface area contributed by atoms with Gasteiger partial charge in [-0.3, -0.25) is 4.79 Å². The molecule has 0 aliphatic rings. The molecule has 12 heavy (non-hydrogen) atoms. The summed E-state index contributed by atoms with van der Waals surface area (Å²) in [6.45, 7) is 5.66. The Labute approximate surface area is 72.7 Å². The van der Waals surface area contributed by atoms with E-state index in [4.69, 9.17) is 0 Å². The average Bonchev–Trinajstić information content (AvgIpc) is 2.17. The molecule has 0 N–H and O–H groups in total. The molecule has 0 spiro atoms. The van der Waals surface area contributed by atoms with Gasteiger partial charge in [-0.2, -0.15) is 0 Å². The molecule has 1 aromatic rings. The molecule has 0 radical (unpaired) electrons. The van der Waals surface area contributed by atoms with Crippen molar-refractivity contribution in [1.29, 1.82) is 0 Å². The second kappa shape index (κ2) is 3.86. The minimum absolute atomic E-state index is 0.128. The summed E-state index contributed by atoms with van der Waals surface area (Å²) in [6.07, 6.45) is 0.817. The molecular weight excluding hydrogens is 148 g/mol. The van der Waals surface area contributed by atoms with Gasteiger partial charge in [-0.05, 0) is 11.1 Å². The highest BCUT2D eigenvalue weighted by Gasteiger charge is 2.06. The molecule has 0 saturated heterocycles. The van der Waals surface area contributed by atoms with Crippen molar-refractivity contribution in [2.45, 2.75) is 12.8 Å². The molecule has 0 aliphatic carbocycles. The number of carbonyl (C=O) groups is 1. The average molecular weight is 160 g/mol. The van der Waals surface area contributed by atoms with Crippen molar-refractivity contribution in [3.8, 4) is 0 Å². The summed E-state index contributed by atoms with van der Waals surface area (Å²) in [6, 6.07) is 9.88. The van der Waals surface area contributed by atoms with Crippen molar-refractivity contribution in [1.82, 2.24) is 0 Å². The molecule has 1 nitrogen and oxygen atoms in total. The third kappa shape index (κ3) is 1.82. The lowest BCUT2D eigenvalue weighted by molar-refractivity contribution is -0.105. The Bertz CT molecular complexity index is 274. The number of rotatable bonds is 3. The van der Waals surface area contributed by atoms with Gasteiger partial charge in [0.15, 0.2) is 0 Å². The van der Waals surface area contributed by atoms with E-state index < -0.39 is 0 Å². The number of hydrogen-bond donors (Lipinski definition) is 0. The first-order chi connectivity index (χ1) is 5.75. The highest BCUT2D eigenvalue weighted by molar-refractivity contribution is 5.74. The molecule has 0 heterocycles. The lowest BCUT2D eigenvalue weighted by atomic mass is 9.95. The van der Waals surface area contributed by atoms with Crippen molar-refractivity contribution < 1.29 is 4.79 Å². The fourth-order valence-electron chi connectivity index (χ4n) is 1.06. The molecule has 1 rings (SSSR count). The van der Waals surface area contributed by atoms with E-state index in [2.05, 4.69) is 6.58 Å². The maximum atomic E-state index is 10.4. The van der Waals surface area contributed by atoms with E-state index in [0.717, 1.165) is 11.8 Å². The van der Waals surface area contributed by atoms with Crippen LogP contribution in [-0.2, 0) is 4.79 Å². The monoisotopic (exact) mass is 160 g/mol. The molecule has 1 unspecified atom stereocenters. The quantitative estimate of drug-likeness (QED) is 0.490. The standard InChI is InChI=1S/C11H12O/c1-9(8-12)10(2)11-6-4-3-5-7-11/h3-8,10H,1H2,2H3. The van der Waals surface area contributed by atoms with Crippen LogP contribution in [0.15, 0.2) is 42.5 Å². The number of benzene rings is 1. The normalized spacial score (nSPS) is 12.1. The summed E-state index contributed by atoms with van der Waals surface area (Å²) >= 11 is 0. The summed E-state index contributed by atoms with van der Waals surface area (Å²) in [5.41, 5.74) is 1.76. The first kappa shape index (κ1) is 8.72. The van der Waals surface area contributed by atoms with Gasteiger partial charge in [-0.1, -0.05) is 43.8 Å². The highest BCUT2D eigenvalue weighted by Crippen LogP contribution is 2.20. The van der Waals surface area contributed by atoms with Crippen LogP contribution in [0.4, 0.5) is 0 Å². The van der Waals surface area contributed by atoms with Crippen molar-refractivity contribution in [2.24, 2.45) is 0 Å². The number of carbonyl (C=O) groups excluding carboxylic acids is 1. The summed E-state index contributed by atoms with van der Waals surface area (Å²) < 4.78 is 0. The summed E-state index contributed by atoms with van der Waals surface area (Å²) in [5.74, 6) is 0.128. The minimum atomic E-state index is 0.128. The van der Waals surface area contributed by atoms with Crippen molar-refractivity contribution in [3.63, 3.8) is 0 Å². The maximum Gasteiger partial charge on any atom is 0.146 e. The van der Waals surface area contributed by atoms with Gasteiger partial charge in [0.1, 0.15) is 6.29 Å². The Kier molecular flexibility index (Phi) is 2.81. The molecule has 1 aromatic carbocycles. The lowest BCUT2D eigenvalue weighted by Crippen LogP contribution is -1.97. The highest BCUT2D eigenvalue weighted by atomic mass is 16.1. The Balaban J connectivity index is 2.85. The minimum Gasteiger partial charge on any atom is -0.298 e. The van der Waals surface area contributed by atoms with E-state index in [1.807, 2.05) is 37.3 Å². The first-order valence-corrected chi connectivity index (χ1v) is 3.94. The topological polar surface area (TPSA) is 17.1 Å². The van der Waals surface area contributed by atoms with Crippen molar-refractivity contribution in [2.75, 3.05) is 0 Å². The van der Waals surface area contributed by atoms with Gasteiger partial charge in [0.05, 0.1) is 0 Å². The molecule has 1 atom stereocenters. The molecule has 0 bridgehead atoms. The Hall–Kier alpha value is -1.37. The molecule has 1 heteroatoms. The molecule has 0 aromatic heterocycles. The third-order valence-corrected chi connectivity index (χ3v) is 2.01. The van der Waals surface area contributed by atoms with E-state index in [1.165, 1.54) is 0 Å². The van der Waals surface area contributed by atoms with Gasteiger partial charge in [0, 0.05) is 5.92 Å². The summed E-state index contributed by atoms with van der Waals surface area (Å²) in [5, 5.41) is 0. The van der Waals surface area contributed by atoms with Crippen LogP contribution in [0, 0.1) is 0 Å². The van der Waals surface area contributed by atoms with Gasteiger partial charge < -0.3 is 0 Å². The third-order valence-electron chi connectivity index (χ3n) is 2.01. The van der Waals surface area contributed by atoms with E-state index in [9.17, 15) is 4.79 Å². The zero-order valence-electron chi connectivity index (χ0n) is 7.16. The van der Waals surface area contributed by atoms with Crippen molar-refractivity contribution in [3.05, 3.63) is 48.0 Å². The second-order valence-corrected chi connectivity index (χ2v) is 2.83. The van der Waals surface area contributed by atoms with E-state index in [0.29, 0.717) is 5.57 Å². The predicted molar refractivity (Wildman–Crippen MR) is 50.1 cm³/mol. The van der Waals surface area contributed by atoms with Crippen molar-refractivity contribution >= 4 is 6.29 Å². The zero-order chi connectivity index (χ0) is 8.97.